The average Bonchev–Trinajstić information content (AvgIpc) is 2.83. The Balaban J connectivity index is 1.99. The van der Waals surface area contributed by atoms with Gasteiger partial charge in [-0.2, -0.15) is 15.2 Å². The summed E-state index contributed by atoms with van der Waals surface area (Å²) in [7, 11) is 5.42. The smallest absolute Gasteiger partial charge is 0.320 e. The molecule has 1 aliphatic heterocycles. The Labute approximate surface area is 219 Å². The molecular formula is C27H39N7O3. The first-order valence-electron chi connectivity index (χ1n) is 12.6. The van der Waals surface area contributed by atoms with Crippen LogP contribution in [0.1, 0.15) is 55.1 Å². The van der Waals surface area contributed by atoms with Crippen LogP contribution in [0.5, 0.6) is 6.01 Å². The van der Waals surface area contributed by atoms with E-state index in [-0.39, 0.29) is 17.3 Å². The fourth-order valence-corrected chi connectivity index (χ4v) is 4.53. The van der Waals surface area contributed by atoms with Crippen molar-refractivity contribution < 1.29 is 14.4 Å². The summed E-state index contributed by atoms with van der Waals surface area (Å²) in [6, 6.07) is 7.72. The number of aromatic nitrogens is 2. The largest absolute Gasteiger partial charge is 0.463 e. The minimum Gasteiger partial charge on any atom is -0.463 e. The second-order valence-corrected chi connectivity index (χ2v) is 11.0. The molecule has 200 valence electrons. The number of hydrogen-bond donors (Lipinski definition) is 2. The van der Waals surface area contributed by atoms with Gasteiger partial charge in [0.15, 0.2) is 11.6 Å². The van der Waals surface area contributed by atoms with Crippen LogP contribution < -0.4 is 20.4 Å². The standard InChI is InChI=1S/C27H39N7O3/c1-18-10-11-20(25(35)32-36-7)13-22(18)29-23-21(14-28)24(34(6)17-27(2,3)4)31-26(30-23)37-16-19-9-8-12-33(5)15-19/h10-11,13,19H,8-9,12,15-17H2,1-7H3,(H,32,35)(H,29,30,31). The number of likely N-dealkylation sites (tertiary alicyclic amines) is 1. The van der Waals surface area contributed by atoms with Crippen LogP contribution in [0.2, 0.25) is 0 Å². The lowest BCUT2D eigenvalue weighted by Crippen LogP contribution is -2.35. The van der Waals surface area contributed by atoms with E-state index in [4.69, 9.17) is 9.57 Å². The summed E-state index contributed by atoms with van der Waals surface area (Å²) in [6.07, 6.45) is 2.23. The highest BCUT2D eigenvalue weighted by Gasteiger charge is 2.24. The molecule has 1 atom stereocenters. The van der Waals surface area contributed by atoms with Gasteiger partial charge in [-0.25, -0.2) is 5.48 Å². The molecule has 10 heteroatoms. The summed E-state index contributed by atoms with van der Waals surface area (Å²) in [5.74, 6) is 0.845. The quantitative estimate of drug-likeness (QED) is 0.486. The number of hydroxylamine groups is 1. The monoisotopic (exact) mass is 509 g/mol. The number of piperidine rings is 1. The fraction of sp³-hybridized carbons (Fsp3) is 0.556. The number of nitrogens with zero attached hydrogens (tertiary/aromatic N) is 5. The van der Waals surface area contributed by atoms with Gasteiger partial charge in [-0.1, -0.05) is 26.8 Å². The number of benzene rings is 1. The molecule has 1 saturated heterocycles. The predicted molar refractivity (Wildman–Crippen MR) is 144 cm³/mol. The Morgan fingerprint density at radius 2 is 2.08 bits per heavy atom. The zero-order valence-electron chi connectivity index (χ0n) is 23.0. The molecule has 0 aliphatic carbocycles. The molecule has 1 unspecified atom stereocenters. The Morgan fingerprint density at radius 3 is 2.73 bits per heavy atom. The summed E-state index contributed by atoms with van der Waals surface area (Å²) in [6.45, 7) is 11.6. The molecule has 1 aromatic heterocycles. The van der Waals surface area contributed by atoms with Crippen molar-refractivity contribution in [1.82, 2.24) is 20.3 Å². The Bertz CT molecular complexity index is 1140. The number of aryl methyl sites for hydroxylation is 1. The molecule has 2 N–H and O–H groups in total. The SMILES string of the molecule is CONC(=O)c1ccc(C)c(Nc2nc(OCC3CCCN(C)C3)nc(N(C)CC(C)(C)C)c2C#N)c1. The zero-order valence-corrected chi connectivity index (χ0v) is 23.0. The molecule has 1 aliphatic rings. The van der Waals surface area contributed by atoms with Crippen molar-refractivity contribution in [3.63, 3.8) is 0 Å². The molecule has 0 bridgehead atoms. The van der Waals surface area contributed by atoms with Gasteiger partial charge in [0.1, 0.15) is 11.6 Å². The molecule has 1 aromatic carbocycles. The normalized spacial score (nSPS) is 16.1. The van der Waals surface area contributed by atoms with E-state index in [1.54, 1.807) is 12.1 Å². The van der Waals surface area contributed by atoms with E-state index in [1.165, 1.54) is 7.11 Å². The summed E-state index contributed by atoms with van der Waals surface area (Å²) in [5.41, 5.74) is 4.55. The fourth-order valence-electron chi connectivity index (χ4n) is 4.53. The molecule has 0 spiro atoms. The molecule has 1 fully saturated rings. The van der Waals surface area contributed by atoms with Crippen LogP contribution in [-0.4, -0.2) is 68.2 Å². The molecule has 37 heavy (non-hydrogen) atoms. The predicted octanol–water partition coefficient (Wildman–Crippen LogP) is 3.89. The third kappa shape index (κ3) is 7.78. The lowest BCUT2D eigenvalue weighted by molar-refractivity contribution is 0.0537. The van der Waals surface area contributed by atoms with Crippen molar-refractivity contribution >= 4 is 23.2 Å². The van der Waals surface area contributed by atoms with Crippen LogP contribution in [0.25, 0.3) is 0 Å². The molecule has 10 nitrogen and oxygen atoms in total. The highest BCUT2D eigenvalue weighted by molar-refractivity contribution is 5.95. The van der Waals surface area contributed by atoms with Crippen molar-refractivity contribution in [2.24, 2.45) is 11.3 Å². The average molecular weight is 510 g/mol. The molecule has 0 saturated carbocycles. The van der Waals surface area contributed by atoms with Crippen LogP contribution in [0.15, 0.2) is 18.2 Å². The van der Waals surface area contributed by atoms with E-state index in [0.717, 1.165) is 31.5 Å². The molecular weight excluding hydrogens is 470 g/mol. The van der Waals surface area contributed by atoms with Crippen molar-refractivity contribution in [2.45, 2.75) is 40.5 Å². The highest BCUT2D eigenvalue weighted by Crippen LogP contribution is 2.31. The summed E-state index contributed by atoms with van der Waals surface area (Å²) >= 11 is 0. The minimum absolute atomic E-state index is 0.0205. The van der Waals surface area contributed by atoms with E-state index >= 15 is 0 Å². The number of nitrogens with one attached hydrogen (secondary N) is 2. The van der Waals surface area contributed by atoms with Crippen molar-refractivity contribution in [2.75, 3.05) is 57.7 Å². The van der Waals surface area contributed by atoms with E-state index in [1.807, 2.05) is 24.9 Å². The molecule has 2 heterocycles. The van der Waals surface area contributed by atoms with Crippen molar-refractivity contribution in [3.05, 3.63) is 34.9 Å². The third-order valence-electron chi connectivity index (χ3n) is 6.17. The van der Waals surface area contributed by atoms with Gasteiger partial charge in [-0.05, 0) is 56.5 Å². The number of rotatable bonds is 9. The lowest BCUT2D eigenvalue weighted by Gasteiger charge is -2.30. The van der Waals surface area contributed by atoms with Gasteiger partial charge >= 0.3 is 6.01 Å². The number of ether oxygens (including phenoxy) is 1. The number of carbonyl (C=O) groups excluding carboxylic acids is 1. The van der Waals surface area contributed by atoms with Gasteiger partial charge in [0.05, 0.1) is 13.7 Å². The first-order valence-corrected chi connectivity index (χ1v) is 12.6. The van der Waals surface area contributed by atoms with Gasteiger partial charge in [-0.3, -0.25) is 9.63 Å². The number of nitriles is 1. The maximum absolute atomic E-state index is 12.3. The van der Waals surface area contributed by atoms with Crippen LogP contribution in [0.3, 0.4) is 0 Å². The highest BCUT2D eigenvalue weighted by atomic mass is 16.6. The van der Waals surface area contributed by atoms with Crippen LogP contribution in [-0.2, 0) is 4.84 Å². The van der Waals surface area contributed by atoms with Crippen LogP contribution in [0.4, 0.5) is 17.3 Å². The van der Waals surface area contributed by atoms with Crippen LogP contribution in [0, 0.1) is 29.6 Å². The maximum Gasteiger partial charge on any atom is 0.320 e. The Kier molecular flexibility index (Phi) is 9.29. The van der Waals surface area contributed by atoms with E-state index in [0.29, 0.717) is 47.5 Å². The minimum atomic E-state index is -0.374. The third-order valence-corrected chi connectivity index (χ3v) is 6.17. The molecule has 3 rings (SSSR count). The summed E-state index contributed by atoms with van der Waals surface area (Å²) in [5, 5.41) is 13.4. The van der Waals surface area contributed by atoms with Gasteiger partial charge in [0, 0.05) is 37.3 Å². The first-order chi connectivity index (χ1) is 17.5. The molecule has 0 radical (unpaired) electrons. The molecule has 2 aromatic rings. The molecule has 1 amide bonds. The summed E-state index contributed by atoms with van der Waals surface area (Å²) in [4.78, 5) is 30.6. The zero-order chi connectivity index (χ0) is 27.2. The number of carbonyl (C=O) groups is 1. The number of anilines is 3. The Morgan fingerprint density at radius 1 is 1.32 bits per heavy atom. The van der Waals surface area contributed by atoms with Gasteiger partial charge in [0.2, 0.25) is 0 Å². The van der Waals surface area contributed by atoms with E-state index < -0.39 is 0 Å². The lowest BCUT2D eigenvalue weighted by atomic mass is 9.96. The van der Waals surface area contributed by atoms with Gasteiger partial charge < -0.3 is 19.9 Å². The second kappa shape index (κ2) is 12.2. The van der Waals surface area contributed by atoms with Crippen molar-refractivity contribution in [3.8, 4) is 12.1 Å². The van der Waals surface area contributed by atoms with E-state index in [2.05, 4.69) is 59.6 Å². The topological polar surface area (TPSA) is 116 Å². The summed E-state index contributed by atoms with van der Waals surface area (Å²) < 4.78 is 6.11. The second-order valence-electron chi connectivity index (χ2n) is 11.0. The van der Waals surface area contributed by atoms with Gasteiger partial charge in [0.25, 0.3) is 5.91 Å². The number of hydrogen-bond acceptors (Lipinski definition) is 9. The van der Waals surface area contributed by atoms with Crippen LogP contribution >= 0.6 is 0 Å². The van der Waals surface area contributed by atoms with Gasteiger partial charge in [-0.15, -0.1) is 0 Å². The van der Waals surface area contributed by atoms with E-state index in [9.17, 15) is 10.1 Å². The Hall–Kier alpha value is -3.42. The number of amides is 1. The maximum atomic E-state index is 12.3. The first kappa shape index (κ1) is 28.2. The van der Waals surface area contributed by atoms with Crippen molar-refractivity contribution in [1.29, 1.82) is 5.26 Å².